The van der Waals surface area contributed by atoms with Crippen molar-refractivity contribution in [1.29, 1.82) is 0 Å². The Kier molecular flexibility index (Phi) is 5.58. The number of furan rings is 1. The van der Waals surface area contributed by atoms with E-state index >= 15 is 0 Å². The van der Waals surface area contributed by atoms with Gasteiger partial charge in [0.25, 0.3) is 0 Å². The zero-order valence-corrected chi connectivity index (χ0v) is 15.7. The van der Waals surface area contributed by atoms with E-state index in [1.54, 1.807) is 18.4 Å². The van der Waals surface area contributed by atoms with Crippen LogP contribution in [-0.4, -0.2) is 15.1 Å². The number of hydrogen-bond donors (Lipinski definition) is 2. The van der Waals surface area contributed by atoms with Gasteiger partial charge in [0.2, 0.25) is 0 Å². The van der Waals surface area contributed by atoms with Crippen molar-refractivity contribution in [2.75, 3.05) is 5.32 Å². The van der Waals surface area contributed by atoms with E-state index in [4.69, 9.17) is 16.6 Å². The van der Waals surface area contributed by atoms with E-state index in [2.05, 4.69) is 31.3 Å². The van der Waals surface area contributed by atoms with Crippen LogP contribution in [0.1, 0.15) is 22.5 Å². The van der Waals surface area contributed by atoms with Gasteiger partial charge >= 0.3 is 0 Å². The van der Waals surface area contributed by atoms with E-state index in [1.807, 2.05) is 35.2 Å². The predicted octanol–water partition coefficient (Wildman–Crippen LogP) is 5.00. The largest absolute Gasteiger partial charge is 0.508 e. The molecular weight excluding hydrogens is 344 g/mol. The average Bonchev–Trinajstić information content (AvgIpc) is 3.12. The molecule has 3 rings (SSSR count). The monoisotopic (exact) mass is 366 g/mol. The summed E-state index contributed by atoms with van der Waals surface area (Å²) in [6.45, 7) is 5.15. The lowest BCUT2D eigenvalue weighted by Crippen LogP contribution is -2.33. The molecule has 0 bridgehead atoms. The van der Waals surface area contributed by atoms with E-state index in [1.165, 1.54) is 11.1 Å². The molecule has 3 aromatic rings. The molecule has 0 aliphatic rings. The third-order valence-electron chi connectivity index (χ3n) is 4.33. The van der Waals surface area contributed by atoms with Crippen molar-refractivity contribution < 1.29 is 9.52 Å². The first-order chi connectivity index (χ1) is 12.5. The van der Waals surface area contributed by atoms with Crippen molar-refractivity contribution in [2.45, 2.75) is 26.9 Å². The van der Waals surface area contributed by atoms with Crippen LogP contribution in [0.25, 0.3) is 0 Å². The Bertz CT molecular complexity index is 891. The molecule has 0 saturated heterocycles. The van der Waals surface area contributed by atoms with Gasteiger partial charge in [-0.3, -0.25) is 0 Å². The number of benzene rings is 2. The number of para-hydroxylation sites is 1. The van der Waals surface area contributed by atoms with Crippen LogP contribution in [0.2, 0.25) is 0 Å². The molecule has 0 atom stereocenters. The third kappa shape index (κ3) is 4.43. The van der Waals surface area contributed by atoms with Crippen LogP contribution in [0.4, 0.5) is 5.69 Å². The van der Waals surface area contributed by atoms with Crippen LogP contribution in [0.3, 0.4) is 0 Å². The highest BCUT2D eigenvalue weighted by molar-refractivity contribution is 7.80. The second-order valence-corrected chi connectivity index (χ2v) is 6.68. The molecule has 2 aromatic carbocycles. The Morgan fingerprint density at radius 3 is 2.54 bits per heavy atom. The topological polar surface area (TPSA) is 48.6 Å². The Morgan fingerprint density at radius 2 is 1.85 bits per heavy atom. The molecule has 26 heavy (non-hydrogen) atoms. The molecule has 134 valence electrons. The third-order valence-corrected chi connectivity index (χ3v) is 4.69. The van der Waals surface area contributed by atoms with E-state index in [9.17, 15) is 5.11 Å². The molecule has 5 heteroatoms. The number of aromatic hydroxyl groups is 1. The number of phenolic OH excluding ortho intramolecular Hbond substituents is 1. The van der Waals surface area contributed by atoms with Crippen LogP contribution >= 0.6 is 12.2 Å². The Labute approximate surface area is 159 Å². The predicted molar refractivity (Wildman–Crippen MR) is 108 cm³/mol. The summed E-state index contributed by atoms with van der Waals surface area (Å²) < 4.78 is 5.48. The minimum atomic E-state index is 0.255. The first-order valence-electron chi connectivity index (χ1n) is 8.45. The Hall–Kier alpha value is -2.79. The molecule has 0 fully saturated rings. The molecule has 0 unspecified atom stereocenters. The summed E-state index contributed by atoms with van der Waals surface area (Å²) >= 11 is 5.64. The second kappa shape index (κ2) is 8.06. The molecule has 2 N–H and O–H groups in total. The lowest BCUT2D eigenvalue weighted by atomic mass is 10.1. The van der Waals surface area contributed by atoms with Crippen LogP contribution in [0.5, 0.6) is 5.75 Å². The molecule has 0 aliphatic carbocycles. The van der Waals surface area contributed by atoms with Crippen LogP contribution in [0, 0.1) is 13.8 Å². The summed E-state index contributed by atoms with van der Waals surface area (Å²) in [6, 6.07) is 17.2. The van der Waals surface area contributed by atoms with Crippen molar-refractivity contribution in [3.63, 3.8) is 0 Å². The zero-order valence-electron chi connectivity index (χ0n) is 14.9. The fourth-order valence-electron chi connectivity index (χ4n) is 2.66. The zero-order chi connectivity index (χ0) is 18.5. The number of nitrogens with zero attached hydrogens (tertiary/aromatic N) is 1. The van der Waals surface area contributed by atoms with E-state index in [0.717, 1.165) is 17.0 Å². The Balaban J connectivity index is 1.80. The van der Waals surface area contributed by atoms with Gasteiger partial charge in [0.05, 0.1) is 12.8 Å². The standard InChI is InChI=1S/C21H22N2O2S/c1-15-9-10-18(12-16(15)2)22-21(26)23(14-19-7-5-11-25-19)13-17-6-3-4-8-20(17)24/h3-12,24H,13-14H2,1-2H3,(H,22,26). The minimum Gasteiger partial charge on any atom is -0.508 e. The van der Waals surface area contributed by atoms with Crippen molar-refractivity contribution in [3.8, 4) is 5.75 Å². The number of hydrogen-bond acceptors (Lipinski definition) is 3. The molecule has 4 nitrogen and oxygen atoms in total. The average molecular weight is 366 g/mol. The smallest absolute Gasteiger partial charge is 0.174 e. The molecule has 0 amide bonds. The van der Waals surface area contributed by atoms with Gasteiger partial charge in [0.15, 0.2) is 5.11 Å². The number of aryl methyl sites for hydroxylation is 2. The van der Waals surface area contributed by atoms with Gasteiger partial charge < -0.3 is 19.7 Å². The van der Waals surface area contributed by atoms with Crippen LogP contribution < -0.4 is 5.32 Å². The maximum absolute atomic E-state index is 10.1. The highest BCUT2D eigenvalue weighted by Gasteiger charge is 2.15. The number of phenols is 1. The lowest BCUT2D eigenvalue weighted by Gasteiger charge is -2.25. The summed E-state index contributed by atoms with van der Waals surface area (Å²) in [6.07, 6.45) is 1.65. The van der Waals surface area contributed by atoms with Crippen LogP contribution in [-0.2, 0) is 13.1 Å². The van der Waals surface area contributed by atoms with Gasteiger partial charge in [-0.15, -0.1) is 0 Å². The summed E-state index contributed by atoms with van der Waals surface area (Å²) in [5.41, 5.74) is 4.20. The molecule has 0 aliphatic heterocycles. The van der Waals surface area contributed by atoms with E-state index in [-0.39, 0.29) is 5.75 Å². The lowest BCUT2D eigenvalue weighted by molar-refractivity contribution is 0.353. The van der Waals surface area contributed by atoms with E-state index in [0.29, 0.717) is 18.2 Å². The highest BCUT2D eigenvalue weighted by atomic mass is 32.1. The van der Waals surface area contributed by atoms with Crippen molar-refractivity contribution in [2.24, 2.45) is 0 Å². The minimum absolute atomic E-state index is 0.255. The second-order valence-electron chi connectivity index (χ2n) is 6.29. The fourth-order valence-corrected chi connectivity index (χ4v) is 2.91. The number of thiocarbonyl (C=S) groups is 1. The molecule has 1 aromatic heterocycles. The SMILES string of the molecule is Cc1ccc(NC(=S)N(Cc2ccco2)Cc2ccccc2O)cc1C. The summed E-state index contributed by atoms with van der Waals surface area (Å²) in [7, 11) is 0. The van der Waals surface area contributed by atoms with Crippen molar-refractivity contribution >= 4 is 23.0 Å². The Morgan fingerprint density at radius 1 is 1.04 bits per heavy atom. The molecule has 0 spiro atoms. The molecular formula is C21H22N2O2S. The fraction of sp³-hybridized carbons (Fsp3) is 0.190. The number of anilines is 1. The van der Waals surface area contributed by atoms with Gasteiger partial charge in [-0.25, -0.2) is 0 Å². The highest BCUT2D eigenvalue weighted by Crippen LogP contribution is 2.21. The number of nitrogens with one attached hydrogen (secondary N) is 1. The summed E-state index contributed by atoms with van der Waals surface area (Å²) in [4.78, 5) is 1.97. The van der Waals surface area contributed by atoms with Gasteiger partial charge in [-0.2, -0.15) is 0 Å². The maximum atomic E-state index is 10.1. The molecule has 0 radical (unpaired) electrons. The normalized spacial score (nSPS) is 10.5. The first-order valence-corrected chi connectivity index (χ1v) is 8.86. The molecule has 0 saturated carbocycles. The van der Waals surface area contributed by atoms with Crippen molar-refractivity contribution in [1.82, 2.24) is 4.90 Å². The van der Waals surface area contributed by atoms with Gasteiger partial charge in [-0.1, -0.05) is 24.3 Å². The van der Waals surface area contributed by atoms with Gasteiger partial charge in [0.1, 0.15) is 11.5 Å². The van der Waals surface area contributed by atoms with Gasteiger partial charge in [-0.05, 0) is 67.5 Å². The van der Waals surface area contributed by atoms with Gasteiger partial charge in [0, 0.05) is 17.8 Å². The van der Waals surface area contributed by atoms with Crippen molar-refractivity contribution in [3.05, 3.63) is 83.3 Å². The number of rotatable bonds is 5. The van der Waals surface area contributed by atoms with E-state index < -0.39 is 0 Å². The molecule has 1 heterocycles. The summed E-state index contributed by atoms with van der Waals surface area (Å²) in [5, 5.41) is 14.0. The maximum Gasteiger partial charge on any atom is 0.174 e. The van der Waals surface area contributed by atoms with Crippen LogP contribution in [0.15, 0.2) is 65.3 Å². The quantitative estimate of drug-likeness (QED) is 0.622. The summed E-state index contributed by atoms with van der Waals surface area (Å²) in [5.74, 6) is 1.07. The first kappa shape index (κ1) is 18.0.